The first-order valence-electron chi connectivity index (χ1n) is 12.0. The Labute approximate surface area is 204 Å². The lowest BCUT2D eigenvalue weighted by molar-refractivity contribution is -0.182. The van der Waals surface area contributed by atoms with E-state index < -0.39 is 5.97 Å². The third kappa shape index (κ3) is 4.27. The van der Waals surface area contributed by atoms with Crippen molar-refractivity contribution in [3.63, 3.8) is 0 Å². The molecular formula is C29H31NO5. The summed E-state index contributed by atoms with van der Waals surface area (Å²) in [4.78, 5) is 17.4. The molecule has 35 heavy (non-hydrogen) atoms. The summed E-state index contributed by atoms with van der Waals surface area (Å²) in [5.74, 6) is 0.0756. The number of ether oxygens (including phenoxy) is 2. The molecule has 0 aliphatic carbocycles. The predicted molar refractivity (Wildman–Crippen MR) is 136 cm³/mol. The lowest BCUT2D eigenvalue weighted by atomic mass is 9.87. The van der Waals surface area contributed by atoms with E-state index in [2.05, 4.69) is 27.7 Å². The zero-order valence-electron chi connectivity index (χ0n) is 21.1. The number of carbonyl (C=O) groups is 1. The van der Waals surface area contributed by atoms with Gasteiger partial charge in [0.15, 0.2) is 5.76 Å². The topological polar surface area (TPSA) is 81.8 Å². The molecule has 1 fully saturated rings. The summed E-state index contributed by atoms with van der Waals surface area (Å²) in [6.07, 6.45) is 1.30. The van der Waals surface area contributed by atoms with E-state index in [9.17, 15) is 9.90 Å². The minimum absolute atomic E-state index is 0.112. The van der Waals surface area contributed by atoms with Crippen LogP contribution < -0.4 is 4.74 Å². The number of aryl methyl sites for hydroxylation is 2. The van der Waals surface area contributed by atoms with E-state index in [0.29, 0.717) is 40.9 Å². The molecule has 1 aliphatic rings. The van der Waals surface area contributed by atoms with Gasteiger partial charge < -0.3 is 19.0 Å². The van der Waals surface area contributed by atoms with E-state index in [1.54, 1.807) is 6.07 Å². The van der Waals surface area contributed by atoms with Crippen molar-refractivity contribution in [1.82, 2.24) is 4.98 Å². The average molecular weight is 474 g/mol. The van der Waals surface area contributed by atoms with Crippen LogP contribution in [0.25, 0.3) is 33.3 Å². The summed E-state index contributed by atoms with van der Waals surface area (Å²) in [5, 5.41) is 11.7. The zero-order chi connectivity index (χ0) is 25.1. The summed E-state index contributed by atoms with van der Waals surface area (Å²) in [7, 11) is 0. The smallest absolute Gasteiger partial charge is 0.336 e. The van der Waals surface area contributed by atoms with Crippen LogP contribution in [0.4, 0.5) is 0 Å². The maximum atomic E-state index is 12.5. The van der Waals surface area contributed by atoms with Crippen molar-refractivity contribution in [2.75, 3.05) is 0 Å². The fraction of sp³-hybridized carbons (Fsp3) is 0.379. The van der Waals surface area contributed by atoms with Gasteiger partial charge in [-0.1, -0.05) is 24.3 Å². The molecule has 182 valence electrons. The molecule has 0 unspecified atom stereocenters. The first kappa shape index (κ1) is 23.4. The van der Waals surface area contributed by atoms with E-state index in [1.807, 2.05) is 50.2 Å². The second kappa shape index (κ2) is 8.09. The second-order valence-electron chi connectivity index (χ2n) is 10.8. The minimum Gasteiger partial charge on any atom is -0.489 e. The molecule has 1 N–H and O–H groups in total. The molecule has 0 spiro atoms. The highest BCUT2D eigenvalue weighted by molar-refractivity contribution is 6.07. The third-order valence-corrected chi connectivity index (χ3v) is 6.72. The van der Waals surface area contributed by atoms with Gasteiger partial charge in [0.25, 0.3) is 0 Å². The van der Waals surface area contributed by atoms with Crippen molar-refractivity contribution >= 4 is 27.8 Å². The van der Waals surface area contributed by atoms with Gasteiger partial charge in [0, 0.05) is 23.8 Å². The lowest BCUT2D eigenvalue weighted by Gasteiger charge is -2.45. The Hall–Kier alpha value is -3.38. The van der Waals surface area contributed by atoms with Crippen LogP contribution in [0.15, 0.2) is 46.9 Å². The number of hydrogen-bond acceptors (Lipinski definition) is 5. The molecule has 3 heterocycles. The standard InChI is InChI=1S/C29H31NO5/c1-16-11-12-23(33-18-14-28(3,4)35-29(5,6)15-18)24-20(27(31)32)13-21(30-25(16)24)26-17(2)19-9-7-8-10-22(19)34-26/h7-13,18H,14-15H2,1-6H3,(H,31,32). The molecule has 0 amide bonds. The summed E-state index contributed by atoms with van der Waals surface area (Å²) in [6.45, 7) is 12.1. The molecule has 2 aromatic heterocycles. The van der Waals surface area contributed by atoms with Gasteiger partial charge in [-0.05, 0) is 65.3 Å². The Balaban J connectivity index is 1.66. The second-order valence-corrected chi connectivity index (χ2v) is 10.8. The number of carboxylic acids is 1. The van der Waals surface area contributed by atoms with Crippen molar-refractivity contribution in [2.24, 2.45) is 0 Å². The van der Waals surface area contributed by atoms with Crippen LogP contribution in [0.3, 0.4) is 0 Å². The number of hydrogen-bond donors (Lipinski definition) is 1. The molecule has 1 saturated heterocycles. The molecule has 6 heteroatoms. The maximum absolute atomic E-state index is 12.5. The quantitative estimate of drug-likeness (QED) is 0.341. The Morgan fingerprint density at radius 3 is 2.40 bits per heavy atom. The summed E-state index contributed by atoms with van der Waals surface area (Å²) in [6, 6.07) is 13.1. The molecule has 6 nitrogen and oxygen atoms in total. The highest BCUT2D eigenvalue weighted by Gasteiger charge is 2.40. The van der Waals surface area contributed by atoms with E-state index >= 15 is 0 Å². The van der Waals surface area contributed by atoms with Crippen molar-refractivity contribution in [2.45, 2.75) is 71.7 Å². The molecule has 1 aliphatic heterocycles. The first-order valence-corrected chi connectivity index (χ1v) is 12.0. The van der Waals surface area contributed by atoms with Crippen molar-refractivity contribution in [1.29, 1.82) is 0 Å². The number of aromatic nitrogens is 1. The molecule has 0 bridgehead atoms. The molecule has 2 aromatic carbocycles. The third-order valence-electron chi connectivity index (χ3n) is 6.72. The Kier molecular flexibility index (Phi) is 5.40. The van der Waals surface area contributed by atoms with Gasteiger partial charge in [-0.3, -0.25) is 0 Å². The molecule has 4 aromatic rings. The van der Waals surface area contributed by atoms with Gasteiger partial charge in [-0.15, -0.1) is 0 Å². The highest BCUT2D eigenvalue weighted by atomic mass is 16.5. The summed E-state index contributed by atoms with van der Waals surface area (Å²) in [5.41, 5.74) is 3.12. The molecule has 5 rings (SSSR count). The van der Waals surface area contributed by atoms with Crippen LogP contribution in [0.2, 0.25) is 0 Å². The Morgan fingerprint density at radius 2 is 1.74 bits per heavy atom. The van der Waals surface area contributed by atoms with Crippen LogP contribution in [0.5, 0.6) is 5.75 Å². The van der Waals surface area contributed by atoms with Crippen molar-refractivity contribution < 1.29 is 23.8 Å². The maximum Gasteiger partial charge on any atom is 0.336 e. The number of rotatable bonds is 4. The van der Waals surface area contributed by atoms with Gasteiger partial charge in [-0.25, -0.2) is 9.78 Å². The summed E-state index contributed by atoms with van der Waals surface area (Å²) >= 11 is 0. The minimum atomic E-state index is -1.03. The number of benzene rings is 2. The molecule has 0 saturated carbocycles. The van der Waals surface area contributed by atoms with E-state index in [4.69, 9.17) is 18.9 Å². The number of para-hydroxylation sites is 1. The number of pyridine rings is 1. The number of carboxylic acid groups (broad SMARTS) is 1. The largest absolute Gasteiger partial charge is 0.489 e. The normalized spacial score (nSPS) is 17.7. The van der Waals surface area contributed by atoms with Crippen LogP contribution in [0, 0.1) is 13.8 Å². The molecular weight excluding hydrogens is 442 g/mol. The number of furan rings is 1. The first-order chi connectivity index (χ1) is 16.4. The van der Waals surface area contributed by atoms with Gasteiger partial charge in [-0.2, -0.15) is 0 Å². The van der Waals surface area contributed by atoms with Crippen LogP contribution in [-0.4, -0.2) is 33.4 Å². The molecule has 0 radical (unpaired) electrons. The van der Waals surface area contributed by atoms with Gasteiger partial charge >= 0.3 is 5.97 Å². The number of aromatic carboxylic acids is 1. The average Bonchev–Trinajstić information content (AvgIpc) is 3.09. The van der Waals surface area contributed by atoms with Crippen LogP contribution in [-0.2, 0) is 4.74 Å². The molecule has 0 atom stereocenters. The van der Waals surface area contributed by atoms with Crippen LogP contribution >= 0.6 is 0 Å². The summed E-state index contributed by atoms with van der Waals surface area (Å²) < 4.78 is 18.8. The lowest BCUT2D eigenvalue weighted by Crippen LogP contribution is -2.49. The number of fused-ring (bicyclic) bond motifs is 2. The highest BCUT2D eigenvalue weighted by Crippen LogP contribution is 2.40. The van der Waals surface area contributed by atoms with E-state index in [0.717, 1.165) is 22.1 Å². The van der Waals surface area contributed by atoms with E-state index in [1.165, 1.54) is 0 Å². The monoisotopic (exact) mass is 473 g/mol. The van der Waals surface area contributed by atoms with Gasteiger partial charge in [0.1, 0.15) is 23.1 Å². The van der Waals surface area contributed by atoms with Gasteiger partial charge in [0.2, 0.25) is 0 Å². The van der Waals surface area contributed by atoms with E-state index in [-0.39, 0.29) is 22.9 Å². The Bertz CT molecular complexity index is 1450. The SMILES string of the molecule is Cc1c(-c2cc(C(=O)O)c3c(OC4CC(C)(C)OC(C)(C)C4)ccc(C)c3n2)oc2ccccc12. The predicted octanol–water partition coefficient (Wildman–Crippen LogP) is 7.08. The fourth-order valence-corrected chi connectivity index (χ4v) is 5.51. The van der Waals surface area contributed by atoms with Crippen molar-refractivity contribution in [3.8, 4) is 17.2 Å². The fourth-order valence-electron chi connectivity index (χ4n) is 5.51. The zero-order valence-corrected chi connectivity index (χ0v) is 21.1. The van der Waals surface area contributed by atoms with Gasteiger partial charge in [0.05, 0.1) is 27.7 Å². The number of nitrogens with zero attached hydrogens (tertiary/aromatic N) is 1. The van der Waals surface area contributed by atoms with Crippen molar-refractivity contribution in [3.05, 3.63) is 59.2 Å². The van der Waals surface area contributed by atoms with Crippen LogP contribution in [0.1, 0.15) is 62.0 Å². The Morgan fingerprint density at radius 1 is 1.06 bits per heavy atom.